The summed E-state index contributed by atoms with van der Waals surface area (Å²) in [6.07, 6.45) is 0.294. The van der Waals surface area contributed by atoms with Crippen molar-refractivity contribution in [2.45, 2.75) is 32.8 Å². The van der Waals surface area contributed by atoms with Crippen molar-refractivity contribution in [1.82, 2.24) is 0 Å². The van der Waals surface area contributed by atoms with Gasteiger partial charge in [-0.2, -0.15) is 0 Å². The third kappa shape index (κ3) is 4.32. The Hall–Kier alpha value is -0.570. The van der Waals surface area contributed by atoms with Crippen LogP contribution in [0, 0.1) is 5.92 Å². The van der Waals surface area contributed by atoms with Crippen molar-refractivity contribution >= 4 is 5.97 Å². The van der Waals surface area contributed by atoms with Gasteiger partial charge < -0.3 is 10.2 Å². The van der Waals surface area contributed by atoms with Crippen LogP contribution in [-0.4, -0.2) is 21.8 Å². The third-order valence-electron chi connectivity index (χ3n) is 1.23. The van der Waals surface area contributed by atoms with Gasteiger partial charge in [0.05, 0.1) is 11.5 Å². The monoisotopic (exact) mass is 146 g/mol. The highest BCUT2D eigenvalue weighted by Crippen LogP contribution is 2.15. The molecule has 3 heteroatoms. The standard InChI is InChI=1S/C7H14O3/c1-5(6(8)9)4-7(2,3)10/h5,10H,4H2,1-3H3,(H,8,9)/t5-/m1/s1. The molecule has 0 aromatic carbocycles. The molecular formula is C7H14O3. The Bertz CT molecular complexity index is 123. The zero-order chi connectivity index (χ0) is 8.36. The van der Waals surface area contributed by atoms with Crippen LogP contribution in [0.2, 0.25) is 0 Å². The maximum Gasteiger partial charge on any atom is 0.306 e. The van der Waals surface area contributed by atoms with Gasteiger partial charge in [-0.3, -0.25) is 4.79 Å². The van der Waals surface area contributed by atoms with Crippen molar-refractivity contribution < 1.29 is 15.0 Å². The molecule has 3 nitrogen and oxygen atoms in total. The second-order valence-electron chi connectivity index (χ2n) is 3.26. The van der Waals surface area contributed by atoms with Gasteiger partial charge in [0.1, 0.15) is 0 Å². The zero-order valence-electron chi connectivity index (χ0n) is 6.59. The minimum absolute atomic E-state index is 0.294. The highest BCUT2D eigenvalue weighted by atomic mass is 16.4. The fourth-order valence-electron chi connectivity index (χ4n) is 0.837. The molecule has 0 aliphatic heterocycles. The van der Waals surface area contributed by atoms with Crippen molar-refractivity contribution in [1.29, 1.82) is 0 Å². The van der Waals surface area contributed by atoms with E-state index in [1.54, 1.807) is 20.8 Å². The summed E-state index contributed by atoms with van der Waals surface area (Å²) in [6.45, 7) is 4.79. The lowest BCUT2D eigenvalue weighted by atomic mass is 9.95. The summed E-state index contributed by atoms with van der Waals surface area (Å²) in [5, 5.41) is 17.6. The Morgan fingerprint density at radius 1 is 1.60 bits per heavy atom. The molecule has 0 aliphatic carbocycles. The molecule has 2 N–H and O–H groups in total. The van der Waals surface area contributed by atoms with E-state index in [0.717, 1.165) is 0 Å². The van der Waals surface area contributed by atoms with Crippen molar-refractivity contribution in [3.63, 3.8) is 0 Å². The van der Waals surface area contributed by atoms with Gasteiger partial charge >= 0.3 is 5.97 Å². The second-order valence-corrected chi connectivity index (χ2v) is 3.26. The van der Waals surface area contributed by atoms with E-state index in [2.05, 4.69) is 0 Å². The second kappa shape index (κ2) is 3.01. The van der Waals surface area contributed by atoms with Crippen LogP contribution in [-0.2, 0) is 4.79 Å². The number of aliphatic carboxylic acids is 1. The molecule has 0 amide bonds. The van der Waals surface area contributed by atoms with Gasteiger partial charge in [0.15, 0.2) is 0 Å². The Balaban J connectivity index is 3.80. The van der Waals surface area contributed by atoms with Crippen molar-refractivity contribution in [3.8, 4) is 0 Å². The van der Waals surface area contributed by atoms with Crippen LogP contribution in [0.1, 0.15) is 27.2 Å². The first kappa shape index (κ1) is 9.43. The van der Waals surface area contributed by atoms with Crippen LogP contribution in [0.15, 0.2) is 0 Å². The number of carboxylic acids is 1. The lowest BCUT2D eigenvalue weighted by molar-refractivity contribution is -0.143. The minimum Gasteiger partial charge on any atom is -0.481 e. The van der Waals surface area contributed by atoms with Crippen LogP contribution in [0.4, 0.5) is 0 Å². The first-order valence-corrected chi connectivity index (χ1v) is 3.28. The molecule has 0 aromatic rings. The molecule has 1 atom stereocenters. The fourth-order valence-corrected chi connectivity index (χ4v) is 0.837. The summed E-state index contributed by atoms with van der Waals surface area (Å²) in [7, 11) is 0. The van der Waals surface area contributed by atoms with Crippen LogP contribution < -0.4 is 0 Å². The van der Waals surface area contributed by atoms with Gasteiger partial charge in [0.2, 0.25) is 0 Å². The Morgan fingerprint density at radius 3 is 2.10 bits per heavy atom. The number of carbonyl (C=O) groups is 1. The molecule has 0 saturated carbocycles. The predicted molar refractivity (Wildman–Crippen MR) is 37.7 cm³/mol. The summed E-state index contributed by atoms with van der Waals surface area (Å²) >= 11 is 0. The van der Waals surface area contributed by atoms with E-state index in [4.69, 9.17) is 5.11 Å². The van der Waals surface area contributed by atoms with E-state index in [0.29, 0.717) is 6.42 Å². The van der Waals surface area contributed by atoms with Crippen molar-refractivity contribution in [3.05, 3.63) is 0 Å². The Morgan fingerprint density at radius 2 is 2.00 bits per heavy atom. The molecular weight excluding hydrogens is 132 g/mol. The fraction of sp³-hybridized carbons (Fsp3) is 0.857. The van der Waals surface area contributed by atoms with Crippen LogP contribution >= 0.6 is 0 Å². The van der Waals surface area contributed by atoms with Gasteiger partial charge in [0.25, 0.3) is 0 Å². The molecule has 0 aliphatic rings. The van der Waals surface area contributed by atoms with E-state index < -0.39 is 17.5 Å². The quantitative estimate of drug-likeness (QED) is 0.621. The van der Waals surface area contributed by atoms with Crippen LogP contribution in [0.3, 0.4) is 0 Å². The van der Waals surface area contributed by atoms with Gasteiger partial charge in [-0.15, -0.1) is 0 Å². The maximum absolute atomic E-state index is 10.3. The van der Waals surface area contributed by atoms with Gasteiger partial charge in [0, 0.05) is 0 Å². The molecule has 0 unspecified atom stereocenters. The molecule has 0 rings (SSSR count). The Kier molecular flexibility index (Phi) is 2.84. The number of carboxylic acid groups (broad SMARTS) is 1. The summed E-state index contributed by atoms with van der Waals surface area (Å²) < 4.78 is 0. The van der Waals surface area contributed by atoms with Crippen LogP contribution in [0.5, 0.6) is 0 Å². The van der Waals surface area contributed by atoms with E-state index >= 15 is 0 Å². The van der Waals surface area contributed by atoms with Gasteiger partial charge in [-0.25, -0.2) is 0 Å². The lowest BCUT2D eigenvalue weighted by Gasteiger charge is -2.18. The molecule has 0 heterocycles. The van der Waals surface area contributed by atoms with Crippen molar-refractivity contribution in [2.24, 2.45) is 5.92 Å². The maximum atomic E-state index is 10.3. The highest BCUT2D eigenvalue weighted by molar-refractivity contribution is 5.69. The van der Waals surface area contributed by atoms with E-state index in [1.807, 2.05) is 0 Å². The average Bonchev–Trinajstić information content (AvgIpc) is 1.60. The number of aliphatic hydroxyl groups is 1. The van der Waals surface area contributed by atoms with Gasteiger partial charge in [-0.05, 0) is 20.3 Å². The number of hydrogen-bond acceptors (Lipinski definition) is 2. The Labute approximate surface area is 60.7 Å². The minimum atomic E-state index is -0.877. The summed E-state index contributed by atoms with van der Waals surface area (Å²) in [6, 6.07) is 0. The normalized spacial score (nSPS) is 14.8. The van der Waals surface area contributed by atoms with Crippen molar-refractivity contribution in [2.75, 3.05) is 0 Å². The molecule has 0 radical (unpaired) electrons. The van der Waals surface area contributed by atoms with Gasteiger partial charge in [-0.1, -0.05) is 6.92 Å². The molecule has 60 valence electrons. The predicted octanol–water partition coefficient (Wildman–Crippen LogP) is 0.868. The largest absolute Gasteiger partial charge is 0.481 e. The van der Waals surface area contributed by atoms with E-state index in [-0.39, 0.29) is 0 Å². The third-order valence-corrected chi connectivity index (χ3v) is 1.23. The van der Waals surface area contributed by atoms with Crippen LogP contribution in [0.25, 0.3) is 0 Å². The zero-order valence-corrected chi connectivity index (χ0v) is 6.59. The lowest BCUT2D eigenvalue weighted by Crippen LogP contribution is -2.25. The smallest absolute Gasteiger partial charge is 0.306 e. The summed E-state index contributed by atoms with van der Waals surface area (Å²) in [4.78, 5) is 10.3. The first-order chi connectivity index (χ1) is 4.33. The molecule has 10 heavy (non-hydrogen) atoms. The number of rotatable bonds is 3. The number of hydrogen-bond donors (Lipinski definition) is 2. The molecule has 0 fully saturated rings. The first-order valence-electron chi connectivity index (χ1n) is 3.28. The van der Waals surface area contributed by atoms with E-state index in [1.165, 1.54) is 0 Å². The molecule has 0 spiro atoms. The molecule has 0 bridgehead atoms. The molecule has 0 aromatic heterocycles. The highest BCUT2D eigenvalue weighted by Gasteiger charge is 2.21. The topological polar surface area (TPSA) is 57.5 Å². The SMILES string of the molecule is C[C@H](CC(C)(C)O)C(=O)O. The van der Waals surface area contributed by atoms with E-state index in [9.17, 15) is 9.90 Å². The summed E-state index contributed by atoms with van der Waals surface area (Å²) in [5.74, 6) is -1.33. The summed E-state index contributed by atoms with van der Waals surface area (Å²) in [5.41, 5.74) is -0.877. The molecule has 0 saturated heterocycles. The average molecular weight is 146 g/mol.